The zero-order valence-corrected chi connectivity index (χ0v) is 17.6. The number of H-pyrrole nitrogens is 1. The van der Waals surface area contributed by atoms with Gasteiger partial charge in [-0.05, 0) is 72.7 Å². The second-order valence-electron chi connectivity index (χ2n) is 7.55. The third kappa shape index (κ3) is 5.11. The minimum Gasteiger partial charge on any atom is -0.361 e. The maximum atomic E-state index is 12.5. The summed E-state index contributed by atoms with van der Waals surface area (Å²) in [5, 5.41) is 4.84. The molecule has 0 aliphatic rings. The minimum absolute atomic E-state index is 0.0382. The molecule has 0 fully saturated rings. The highest BCUT2D eigenvalue weighted by molar-refractivity contribution is 6.31. The van der Waals surface area contributed by atoms with Gasteiger partial charge in [0.1, 0.15) is 0 Å². The van der Waals surface area contributed by atoms with Crippen molar-refractivity contribution in [3.8, 4) is 0 Å². The van der Waals surface area contributed by atoms with Gasteiger partial charge in [0.25, 0.3) is 5.91 Å². The molecule has 1 amide bonds. The summed E-state index contributed by atoms with van der Waals surface area (Å²) in [4.78, 5) is 15.7. The van der Waals surface area contributed by atoms with E-state index in [1.54, 1.807) is 0 Å². The summed E-state index contributed by atoms with van der Waals surface area (Å²) in [6.07, 6.45) is 5.92. The molecule has 0 atom stereocenters. The first-order chi connectivity index (χ1) is 14.7. The molecule has 0 aliphatic heterocycles. The molecular formula is C26H25ClN2O. The van der Waals surface area contributed by atoms with Crippen molar-refractivity contribution in [2.45, 2.75) is 25.7 Å². The van der Waals surface area contributed by atoms with Gasteiger partial charge >= 0.3 is 0 Å². The van der Waals surface area contributed by atoms with Gasteiger partial charge < -0.3 is 10.3 Å². The number of halogens is 1. The largest absolute Gasteiger partial charge is 0.361 e. The van der Waals surface area contributed by atoms with Gasteiger partial charge in [0.05, 0.1) is 0 Å². The number of carbonyl (C=O) groups excluding carboxylic acids is 1. The van der Waals surface area contributed by atoms with Crippen LogP contribution in [0.1, 0.15) is 33.5 Å². The summed E-state index contributed by atoms with van der Waals surface area (Å²) in [5.74, 6) is -0.0382. The van der Waals surface area contributed by atoms with Gasteiger partial charge in [-0.15, -0.1) is 0 Å². The number of aromatic nitrogens is 1. The highest BCUT2D eigenvalue weighted by atomic mass is 35.5. The number of benzene rings is 3. The van der Waals surface area contributed by atoms with E-state index < -0.39 is 0 Å². The Bertz CT molecular complexity index is 1120. The molecule has 4 aromatic rings. The van der Waals surface area contributed by atoms with Crippen LogP contribution in [0, 0.1) is 0 Å². The molecule has 0 bridgehead atoms. The highest BCUT2D eigenvalue weighted by Gasteiger charge is 2.08. The van der Waals surface area contributed by atoms with Crippen molar-refractivity contribution in [1.82, 2.24) is 10.3 Å². The van der Waals surface area contributed by atoms with E-state index in [1.807, 2.05) is 42.6 Å². The molecule has 152 valence electrons. The zero-order valence-electron chi connectivity index (χ0n) is 16.8. The van der Waals surface area contributed by atoms with Crippen LogP contribution in [0.25, 0.3) is 10.9 Å². The topological polar surface area (TPSA) is 44.9 Å². The number of hydrogen-bond donors (Lipinski definition) is 2. The van der Waals surface area contributed by atoms with Crippen LogP contribution in [-0.4, -0.2) is 17.4 Å². The number of carbonyl (C=O) groups is 1. The van der Waals surface area contributed by atoms with E-state index in [-0.39, 0.29) is 5.91 Å². The summed E-state index contributed by atoms with van der Waals surface area (Å²) in [6.45, 7) is 0.580. The van der Waals surface area contributed by atoms with E-state index in [0.29, 0.717) is 12.1 Å². The lowest BCUT2D eigenvalue weighted by atomic mass is 10.0. The van der Waals surface area contributed by atoms with E-state index in [4.69, 9.17) is 11.6 Å². The standard InChI is InChI=1S/C26H25ClN2O/c27-23-13-14-25-24(17-23)22(18-29-25)15-16-28-26(30)21-11-9-20(10-12-21)8-4-7-19-5-2-1-3-6-19/h1-3,5-6,9-14,17-18,29H,4,7-8,15-16H2,(H,28,30). The molecule has 0 aliphatic carbocycles. The van der Waals surface area contributed by atoms with Gasteiger partial charge in [-0.1, -0.05) is 54.1 Å². The molecule has 0 radical (unpaired) electrons. The first-order valence-electron chi connectivity index (χ1n) is 10.4. The predicted octanol–water partition coefficient (Wildman–Crippen LogP) is 5.97. The molecule has 30 heavy (non-hydrogen) atoms. The van der Waals surface area contributed by atoms with Crippen molar-refractivity contribution in [3.63, 3.8) is 0 Å². The Labute approximate surface area is 182 Å². The second-order valence-corrected chi connectivity index (χ2v) is 7.98. The van der Waals surface area contributed by atoms with Crippen molar-refractivity contribution in [3.05, 3.63) is 106 Å². The first kappa shape index (κ1) is 20.2. The van der Waals surface area contributed by atoms with E-state index in [2.05, 4.69) is 46.7 Å². The average molecular weight is 417 g/mol. The van der Waals surface area contributed by atoms with Crippen LogP contribution >= 0.6 is 11.6 Å². The smallest absolute Gasteiger partial charge is 0.251 e. The van der Waals surface area contributed by atoms with Crippen molar-refractivity contribution in [1.29, 1.82) is 0 Å². The fourth-order valence-electron chi connectivity index (χ4n) is 3.73. The van der Waals surface area contributed by atoms with E-state index in [1.165, 1.54) is 11.1 Å². The number of nitrogens with one attached hydrogen (secondary N) is 2. The fraction of sp³-hybridized carbons (Fsp3) is 0.192. The predicted molar refractivity (Wildman–Crippen MR) is 124 cm³/mol. The van der Waals surface area contributed by atoms with Gasteiger partial charge in [0.2, 0.25) is 0 Å². The molecule has 1 aromatic heterocycles. The molecule has 3 aromatic carbocycles. The van der Waals surface area contributed by atoms with E-state index >= 15 is 0 Å². The maximum Gasteiger partial charge on any atom is 0.251 e. The van der Waals surface area contributed by atoms with Crippen LogP contribution in [0.15, 0.2) is 79.0 Å². The number of rotatable bonds is 8. The van der Waals surface area contributed by atoms with Crippen LogP contribution in [0.3, 0.4) is 0 Å². The van der Waals surface area contributed by atoms with Gasteiger partial charge in [-0.3, -0.25) is 4.79 Å². The number of fused-ring (bicyclic) bond motifs is 1. The summed E-state index contributed by atoms with van der Waals surface area (Å²) in [6, 6.07) is 24.3. The quantitative estimate of drug-likeness (QED) is 0.365. The Balaban J connectivity index is 1.25. The summed E-state index contributed by atoms with van der Waals surface area (Å²) >= 11 is 6.10. The molecule has 4 heteroatoms. The third-order valence-electron chi connectivity index (χ3n) is 5.40. The second kappa shape index (κ2) is 9.64. The molecule has 3 nitrogen and oxygen atoms in total. The summed E-state index contributed by atoms with van der Waals surface area (Å²) in [7, 11) is 0. The molecule has 0 saturated carbocycles. The fourth-order valence-corrected chi connectivity index (χ4v) is 3.91. The van der Waals surface area contributed by atoms with E-state index in [0.717, 1.165) is 47.2 Å². The summed E-state index contributed by atoms with van der Waals surface area (Å²) in [5.41, 5.74) is 5.54. The van der Waals surface area contributed by atoms with Crippen molar-refractivity contribution < 1.29 is 4.79 Å². The monoisotopic (exact) mass is 416 g/mol. The Hall–Kier alpha value is -3.04. The number of hydrogen-bond acceptors (Lipinski definition) is 1. The Morgan fingerprint density at radius 2 is 1.60 bits per heavy atom. The maximum absolute atomic E-state index is 12.5. The van der Waals surface area contributed by atoms with Gasteiger partial charge in [0.15, 0.2) is 0 Å². The Morgan fingerprint density at radius 1 is 0.867 bits per heavy atom. The number of amides is 1. The number of aromatic amines is 1. The van der Waals surface area contributed by atoms with Crippen LogP contribution < -0.4 is 5.32 Å². The van der Waals surface area contributed by atoms with Crippen molar-refractivity contribution in [2.24, 2.45) is 0 Å². The third-order valence-corrected chi connectivity index (χ3v) is 5.63. The first-order valence-corrected chi connectivity index (χ1v) is 10.7. The molecule has 0 saturated heterocycles. The van der Waals surface area contributed by atoms with Gasteiger partial charge in [-0.25, -0.2) is 0 Å². The molecule has 1 heterocycles. The Morgan fingerprint density at radius 3 is 2.37 bits per heavy atom. The SMILES string of the molecule is O=C(NCCc1c[nH]c2ccc(Cl)cc12)c1ccc(CCCc2ccccc2)cc1. The van der Waals surface area contributed by atoms with E-state index in [9.17, 15) is 4.79 Å². The van der Waals surface area contributed by atoms with Gasteiger partial charge in [0, 0.05) is 34.2 Å². The van der Waals surface area contributed by atoms with Gasteiger partial charge in [-0.2, -0.15) is 0 Å². The molecule has 0 unspecified atom stereocenters. The zero-order chi connectivity index (χ0) is 20.8. The summed E-state index contributed by atoms with van der Waals surface area (Å²) < 4.78 is 0. The highest BCUT2D eigenvalue weighted by Crippen LogP contribution is 2.22. The minimum atomic E-state index is -0.0382. The van der Waals surface area contributed by atoms with Crippen LogP contribution in [0.4, 0.5) is 0 Å². The molecular weight excluding hydrogens is 392 g/mol. The molecule has 2 N–H and O–H groups in total. The van der Waals surface area contributed by atoms with Crippen LogP contribution in [0.5, 0.6) is 0 Å². The lowest BCUT2D eigenvalue weighted by Crippen LogP contribution is -2.25. The number of aryl methyl sites for hydroxylation is 2. The normalized spacial score (nSPS) is 11.0. The molecule has 4 rings (SSSR count). The van der Waals surface area contributed by atoms with Crippen molar-refractivity contribution >= 4 is 28.4 Å². The molecule has 0 spiro atoms. The van der Waals surface area contributed by atoms with Crippen LogP contribution in [0.2, 0.25) is 5.02 Å². The van der Waals surface area contributed by atoms with Crippen LogP contribution in [-0.2, 0) is 19.3 Å². The lowest BCUT2D eigenvalue weighted by molar-refractivity contribution is 0.0954. The average Bonchev–Trinajstić information content (AvgIpc) is 3.17. The Kier molecular flexibility index (Phi) is 6.50. The van der Waals surface area contributed by atoms with Crippen molar-refractivity contribution in [2.75, 3.05) is 6.54 Å². The lowest BCUT2D eigenvalue weighted by Gasteiger charge is -2.07.